The maximum absolute atomic E-state index is 12.8. The number of thioether (sulfide) groups is 1. The highest BCUT2D eigenvalue weighted by molar-refractivity contribution is 7.98. The fourth-order valence-corrected chi connectivity index (χ4v) is 4.43. The Morgan fingerprint density at radius 3 is 2.72 bits per heavy atom. The Morgan fingerprint density at radius 2 is 1.97 bits per heavy atom. The van der Waals surface area contributed by atoms with Crippen molar-refractivity contribution in [1.82, 2.24) is 20.2 Å². The van der Waals surface area contributed by atoms with Gasteiger partial charge < -0.3 is 15.2 Å². The number of hydrogen-bond donors (Lipinski definition) is 2. The molecule has 170 valence electrons. The third kappa shape index (κ3) is 6.18. The van der Waals surface area contributed by atoms with Crippen LogP contribution in [0, 0.1) is 6.92 Å². The third-order valence-corrected chi connectivity index (χ3v) is 6.30. The van der Waals surface area contributed by atoms with Crippen LogP contribution in [0.15, 0.2) is 42.5 Å². The number of nitrogens with one attached hydrogen (secondary N) is 2. The molecule has 9 heteroatoms. The highest BCUT2D eigenvalue weighted by atomic mass is 35.5. The monoisotopic (exact) mass is 492 g/mol. The number of aryl methyl sites for hydroxylation is 2. The molecule has 1 atom stereocenters. The number of nitrogens with zero attached hydrogens (tertiary/aromatic N) is 2. The van der Waals surface area contributed by atoms with E-state index in [2.05, 4.69) is 20.2 Å². The van der Waals surface area contributed by atoms with Gasteiger partial charge in [-0.1, -0.05) is 35.3 Å². The van der Waals surface area contributed by atoms with Gasteiger partial charge in [0, 0.05) is 18.1 Å². The molecule has 2 N–H and O–H groups in total. The van der Waals surface area contributed by atoms with Crippen LogP contribution in [0.25, 0.3) is 11.0 Å². The van der Waals surface area contributed by atoms with Crippen LogP contribution in [-0.2, 0) is 11.3 Å². The Balaban J connectivity index is 1.57. The van der Waals surface area contributed by atoms with Gasteiger partial charge >= 0.3 is 0 Å². The Hall–Kier alpha value is -2.22. The first kappa shape index (κ1) is 24.4. The van der Waals surface area contributed by atoms with E-state index in [1.165, 1.54) is 6.07 Å². The predicted molar refractivity (Wildman–Crippen MR) is 133 cm³/mol. The summed E-state index contributed by atoms with van der Waals surface area (Å²) in [7, 11) is 0. The molecule has 2 amide bonds. The molecule has 6 nitrogen and oxygen atoms in total. The maximum atomic E-state index is 12.8. The van der Waals surface area contributed by atoms with Crippen LogP contribution in [-0.4, -0.2) is 46.0 Å². The summed E-state index contributed by atoms with van der Waals surface area (Å²) in [4.78, 5) is 30.0. The van der Waals surface area contributed by atoms with Crippen molar-refractivity contribution >= 4 is 57.8 Å². The van der Waals surface area contributed by atoms with Crippen molar-refractivity contribution in [3.05, 3.63) is 63.9 Å². The fraction of sp³-hybridized carbons (Fsp3) is 0.348. The summed E-state index contributed by atoms with van der Waals surface area (Å²) in [6.07, 6.45) is 3.24. The molecular weight excluding hydrogens is 467 g/mol. The largest absolute Gasteiger partial charge is 0.354 e. The van der Waals surface area contributed by atoms with E-state index in [-0.39, 0.29) is 10.9 Å². The van der Waals surface area contributed by atoms with E-state index in [1.54, 1.807) is 23.9 Å². The van der Waals surface area contributed by atoms with Crippen molar-refractivity contribution < 1.29 is 9.59 Å². The van der Waals surface area contributed by atoms with Crippen molar-refractivity contribution in [2.45, 2.75) is 32.4 Å². The quantitative estimate of drug-likeness (QED) is 0.401. The van der Waals surface area contributed by atoms with Crippen LogP contribution >= 0.6 is 35.0 Å². The number of benzene rings is 2. The Kier molecular flexibility index (Phi) is 8.84. The molecule has 0 bridgehead atoms. The number of rotatable bonds is 10. The minimum Gasteiger partial charge on any atom is -0.354 e. The van der Waals surface area contributed by atoms with Gasteiger partial charge in [-0.25, -0.2) is 4.98 Å². The average Bonchev–Trinajstić information content (AvgIpc) is 3.08. The van der Waals surface area contributed by atoms with Crippen LogP contribution in [0.2, 0.25) is 10.0 Å². The molecule has 2 aromatic carbocycles. The number of imidazole rings is 1. The van der Waals surface area contributed by atoms with Gasteiger partial charge in [0.25, 0.3) is 5.91 Å². The number of aromatic nitrogens is 2. The minimum atomic E-state index is -0.641. The molecule has 0 radical (unpaired) electrons. The summed E-state index contributed by atoms with van der Waals surface area (Å²) in [6.45, 7) is 3.22. The highest BCUT2D eigenvalue weighted by Gasteiger charge is 2.22. The molecule has 1 unspecified atom stereocenters. The fourth-order valence-electron chi connectivity index (χ4n) is 3.46. The van der Waals surface area contributed by atoms with Crippen molar-refractivity contribution in [2.75, 3.05) is 18.6 Å². The van der Waals surface area contributed by atoms with Gasteiger partial charge in [-0.3, -0.25) is 9.59 Å². The Morgan fingerprint density at radius 1 is 1.19 bits per heavy atom. The lowest BCUT2D eigenvalue weighted by Gasteiger charge is -2.19. The van der Waals surface area contributed by atoms with E-state index >= 15 is 0 Å². The van der Waals surface area contributed by atoms with E-state index in [0.29, 0.717) is 23.6 Å². The Labute approximate surface area is 202 Å². The molecule has 0 aliphatic heterocycles. The van der Waals surface area contributed by atoms with E-state index in [9.17, 15) is 9.59 Å². The number of fused-ring (bicyclic) bond motifs is 1. The van der Waals surface area contributed by atoms with Gasteiger partial charge in [0.05, 0.1) is 21.6 Å². The second-order valence-electron chi connectivity index (χ2n) is 7.38. The molecule has 0 fully saturated rings. The molecule has 0 saturated carbocycles. The summed E-state index contributed by atoms with van der Waals surface area (Å²) in [5, 5.41) is 6.46. The Bertz CT molecular complexity index is 1100. The van der Waals surface area contributed by atoms with Gasteiger partial charge in [0.2, 0.25) is 5.91 Å². The van der Waals surface area contributed by atoms with Crippen LogP contribution in [0.5, 0.6) is 0 Å². The lowest BCUT2D eigenvalue weighted by molar-refractivity contribution is -0.123. The van der Waals surface area contributed by atoms with Crippen LogP contribution in [0.4, 0.5) is 0 Å². The zero-order valence-electron chi connectivity index (χ0n) is 18.0. The number of carbonyl (C=O) groups is 2. The molecule has 1 heterocycles. The minimum absolute atomic E-state index is 0.204. The third-order valence-electron chi connectivity index (χ3n) is 5.11. The van der Waals surface area contributed by atoms with Gasteiger partial charge in [-0.15, -0.1) is 0 Å². The second-order valence-corrected chi connectivity index (χ2v) is 9.20. The molecule has 0 aliphatic rings. The first-order chi connectivity index (χ1) is 15.4. The molecule has 3 rings (SSSR count). The number of hydrogen-bond acceptors (Lipinski definition) is 4. The van der Waals surface area contributed by atoms with Crippen molar-refractivity contribution in [1.29, 1.82) is 0 Å². The average molecular weight is 493 g/mol. The summed E-state index contributed by atoms with van der Waals surface area (Å²) >= 11 is 13.7. The van der Waals surface area contributed by atoms with Crippen LogP contribution < -0.4 is 10.6 Å². The zero-order chi connectivity index (χ0) is 23.1. The normalized spacial score (nSPS) is 12.0. The summed E-state index contributed by atoms with van der Waals surface area (Å²) in [5.41, 5.74) is 2.34. The maximum Gasteiger partial charge on any atom is 0.253 e. The molecule has 32 heavy (non-hydrogen) atoms. The summed E-state index contributed by atoms with van der Waals surface area (Å²) in [5.74, 6) is 1.09. The lowest BCUT2D eigenvalue weighted by atomic mass is 10.1. The topological polar surface area (TPSA) is 76.0 Å². The van der Waals surface area contributed by atoms with Crippen molar-refractivity contribution in [3.63, 3.8) is 0 Å². The van der Waals surface area contributed by atoms with Crippen LogP contribution in [0.3, 0.4) is 0 Å². The molecule has 0 saturated heterocycles. The van der Waals surface area contributed by atoms with E-state index < -0.39 is 11.9 Å². The molecule has 0 spiro atoms. The number of amides is 2. The lowest BCUT2D eigenvalue weighted by Crippen LogP contribution is -2.47. The SMILES string of the molecule is CSCCC(NC(=O)c1ccc(Cl)cc1Cl)C(=O)NCCCn1c(C)nc2ccccc21. The summed E-state index contributed by atoms with van der Waals surface area (Å²) < 4.78 is 2.15. The van der Waals surface area contributed by atoms with Crippen molar-refractivity contribution in [2.24, 2.45) is 0 Å². The number of para-hydroxylation sites is 2. The van der Waals surface area contributed by atoms with Crippen LogP contribution in [0.1, 0.15) is 29.0 Å². The first-order valence-corrected chi connectivity index (χ1v) is 12.5. The number of carbonyl (C=O) groups excluding carboxylic acids is 2. The van der Waals surface area contributed by atoms with Gasteiger partial charge in [0.1, 0.15) is 11.9 Å². The molecule has 3 aromatic rings. The molecular formula is C23H26Cl2N4O2S. The highest BCUT2D eigenvalue weighted by Crippen LogP contribution is 2.21. The smallest absolute Gasteiger partial charge is 0.253 e. The summed E-state index contributed by atoms with van der Waals surface area (Å²) in [6, 6.07) is 12.0. The van der Waals surface area contributed by atoms with Crippen molar-refractivity contribution in [3.8, 4) is 0 Å². The molecule has 1 aromatic heterocycles. The molecule has 0 aliphatic carbocycles. The van der Waals surface area contributed by atoms with Gasteiger partial charge in [-0.05, 0) is 62.1 Å². The van der Waals surface area contributed by atoms with E-state index in [0.717, 1.165) is 35.6 Å². The van der Waals surface area contributed by atoms with Gasteiger partial charge in [-0.2, -0.15) is 11.8 Å². The standard InChI is InChI=1S/C23H26Cl2N4O2S/c1-15-27-19-6-3-4-7-21(19)29(15)12-5-11-26-23(31)20(10-13-32-2)28-22(30)17-9-8-16(24)14-18(17)25/h3-4,6-9,14,20H,5,10-13H2,1-2H3,(H,26,31)(H,28,30). The first-order valence-electron chi connectivity index (χ1n) is 10.3. The van der Waals surface area contributed by atoms with E-state index in [4.69, 9.17) is 23.2 Å². The predicted octanol–water partition coefficient (Wildman–Crippen LogP) is 4.71. The number of halogens is 2. The van der Waals surface area contributed by atoms with E-state index in [1.807, 2.05) is 37.4 Å². The zero-order valence-corrected chi connectivity index (χ0v) is 20.4. The second kappa shape index (κ2) is 11.6. The van der Waals surface area contributed by atoms with Gasteiger partial charge in [0.15, 0.2) is 0 Å².